The molecule has 0 bridgehead atoms. The summed E-state index contributed by atoms with van der Waals surface area (Å²) in [5, 5.41) is 5.95. The Labute approximate surface area is 195 Å². The van der Waals surface area contributed by atoms with Gasteiger partial charge in [-0.1, -0.05) is 24.3 Å². The van der Waals surface area contributed by atoms with Crippen LogP contribution in [0.25, 0.3) is 11.1 Å². The molecular formula is C27H32N4O2. The number of carbonyl (C=O) groups is 1. The summed E-state index contributed by atoms with van der Waals surface area (Å²) in [6, 6.07) is 17.6. The quantitative estimate of drug-likeness (QED) is 0.449. The molecule has 0 spiro atoms. The van der Waals surface area contributed by atoms with E-state index in [9.17, 15) is 9.59 Å². The third kappa shape index (κ3) is 5.90. The second-order valence-electron chi connectivity index (χ2n) is 8.59. The highest BCUT2D eigenvalue weighted by atomic mass is 16.2. The number of H-pyrrole nitrogens is 1. The zero-order valence-corrected chi connectivity index (χ0v) is 19.2. The molecule has 2 heterocycles. The van der Waals surface area contributed by atoms with Crippen molar-refractivity contribution >= 4 is 17.3 Å². The summed E-state index contributed by atoms with van der Waals surface area (Å²) in [5.74, 6) is -0.288. The number of aromatic amines is 1. The van der Waals surface area contributed by atoms with E-state index in [1.165, 1.54) is 24.8 Å². The summed E-state index contributed by atoms with van der Waals surface area (Å²) >= 11 is 0. The van der Waals surface area contributed by atoms with Gasteiger partial charge in [0.15, 0.2) is 0 Å². The highest BCUT2D eigenvalue weighted by molar-refractivity contribution is 6.04. The first kappa shape index (κ1) is 22.8. The van der Waals surface area contributed by atoms with Crippen LogP contribution in [0.4, 0.5) is 11.4 Å². The van der Waals surface area contributed by atoms with Crippen molar-refractivity contribution in [2.75, 3.05) is 36.9 Å². The van der Waals surface area contributed by atoms with Gasteiger partial charge in [-0.25, -0.2) is 0 Å². The highest BCUT2D eigenvalue weighted by Gasteiger charge is 2.13. The zero-order valence-electron chi connectivity index (χ0n) is 19.2. The fraction of sp³-hybridized carbons (Fsp3) is 0.333. The lowest BCUT2D eigenvalue weighted by molar-refractivity contribution is 0.102. The molecule has 6 nitrogen and oxygen atoms in total. The standard InChI is InChI=1S/C27H32N4O2/c1-28-14-6-8-20-7-5-9-22(17-20)23-18-25(27(33)29-19-23)30-26(32)21-10-12-24(13-11-21)31-15-3-2-4-16-31/h5,7,9-13,17-19,28H,2-4,6,8,14-16H2,1H3,(H,29,33)(H,30,32). The van der Waals surface area contributed by atoms with Gasteiger partial charge in [-0.15, -0.1) is 0 Å². The largest absolute Gasteiger partial charge is 0.372 e. The summed E-state index contributed by atoms with van der Waals surface area (Å²) in [7, 11) is 1.95. The molecule has 0 saturated carbocycles. The van der Waals surface area contributed by atoms with Crippen molar-refractivity contribution in [3.63, 3.8) is 0 Å². The maximum Gasteiger partial charge on any atom is 0.271 e. The van der Waals surface area contributed by atoms with E-state index in [-0.39, 0.29) is 17.2 Å². The molecule has 1 saturated heterocycles. The van der Waals surface area contributed by atoms with Crippen molar-refractivity contribution in [2.45, 2.75) is 32.1 Å². The van der Waals surface area contributed by atoms with Gasteiger partial charge in [-0.05, 0) is 87.2 Å². The number of rotatable bonds is 8. The lowest BCUT2D eigenvalue weighted by atomic mass is 10.0. The normalized spacial score (nSPS) is 13.7. The van der Waals surface area contributed by atoms with Gasteiger partial charge in [-0.3, -0.25) is 9.59 Å². The van der Waals surface area contributed by atoms with Crippen LogP contribution in [0.15, 0.2) is 65.6 Å². The average Bonchev–Trinajstić information content (AvgIpc) is 2.86. The number of anilines is 2. The van der Waals surface area contributed by atoms with E-state index < -0.39 is 0 Å². The number of aromatic nitrogens is 1. The summed E-state index contributed by atoms with van der Waals surface area (Å²) in [4.78, 5) is 30.3. The monoisotopic (exact) mass is 444 g/mol. The molecule has 1 aliphatic heterocycles. The lowest BCUT2D eigenvalue weighted by Crippen LogP contribution is -2.29. The van der Waals surface area contributed by atoms with Crippen LogP contribution < -0.4 is 21.1 Å². The van der Waals surface area contributed by atoms with Crippen molar-refractivity contribution < 1.29 is 4.79 Å². The summed E-state index contributed by atoms with van der Waals surface area (Å²) in [5.41, 5.74) is 4.72. The van der Waals surface area contributed by atoms with Gasteiger partial charge < -0.3 is 20.5 Å². The Morgan fingerprint density at radius 1 is 1.00 bits per heavy atom. The molecule has 1 amide bonds. The molecule has 172 valence electrons. The second-order valence-corrected chi connectivity index (χ2v) is 8.59. The van der Waals surface area contributed by atoms with Gasteiger partial charge in [-0.2, -0.15) is 0 Å². The zero-order chi connectivity index (χ0) is 23.0. The molecular weight excluding hydrogens is 412 g/mol. The number of hydrogen-bond acceptors (Lipinski definition) is 4. The van der Waals surface area contributed by atoms with Crippen LogP contribution in [0.2, 0.25) is 0 Å². The van der Waals surface area contributed by atoms with Gasteiger partial charge in [0.05, 0.1) is 0 Å². The molecule has 1 aliphatic rings. The molecule has 0 aliphatic carbocycles. The third-order valence-electron chi connectivity index (χ3n) is 6.15. The Morgan fingerprint density at radius 2 is 1.79 bits per heavy atom. The number of benzene rings is 2. The summed E-state index contributed by atoms with van der Waals surface area (Å²) < 4.78 is 0. The van der Waals surface area contributed by atoms with Crippen LogP contribution in [-0.4, -0.2) is 37.6 Å². The Bertz CT molecular complexity index is 1130. The lowest BCUT2D eigenvalue weighted by Gasteiger charge is -2.28. The maximum atomic E-state index is 12.8. The number of nitrogens with one attached hydrogen (secondary N) is 3. The SMILES string of the molecule is CNCCCc1cccc(-c2c[nH]c(=O)c(NC(=O)c3ccc(N4CCCCC4)cc3)c2)c1. The Morgan fingerprint density at radius 3 is 2.55 bits per heavy atom. The molecule has 33 heavy (non-hydrogen) atoms. The maximum absolute atomic E-state index is 12.8. The van der Waals surface area contributed by atoms with E-state index in [0.717, 1.165) is 49.3 Å². The fourth-order valence-electron chi connectivity index (χ4n) is 4.29. The fourth-order valence-corrected chi connectivity index (χ4v) is 4.29. The Balaban J connectivity index is 1.47. The predicted molar refractivity (Wildman–Crippen MR) is 135 cm³/mol. The van der Waals surface area contributed by atoms with Crippen molar-refractivity contribution in [3.8, 4) is 11.1 Å². The van der Waals surface area contributed by atoms with Gasteiger partial charge in [0.25, 0.3) is 11.5 Å². The van der Waals surface area contributed by atoms with Crippen molar-refractivity contribution in [1.82, 2.24) is 10.3 Å². The van der Waals surface area contributed by atoms with Crippen LogP contribution in [-0.2, 0) is 6.42 Å². The first-order chi connectivity index (χ1) is 16.1. The molecule has 1 aromatic heterocycles. The number of piperidine rings is 1. The van der Waals surface area contributed by atoms with Gasteiger partial charge in [0, 0.05) is 36.1 Å². The number of nitrogens with zero attached hydrogens (tertiary/aromatic N) is 1. The van der Waals surface area contributed by atoms with E-state index in [2.05, 4.69) is 32.7 Å². The van der Waals surface area contributed by atoms with Crippen LogP contribution >= 0.6 is 0 Å². The van der Waals surface area contributed by atoms with E-state index in [1.54, 1.807) is 12.3 Å². The first-order valence-corrected chi connectivity index (χ1v) is 11.8. The molecule has 4 rings (SSSR count). The predicted octanol–water partition coefficient (Wildman–Crippen LogP) is 4.44. The topological polar surface area (TPSA) is 77.2 Å². The number of amides is 1. The number of hydrogen-bond donors (Lipinski definition) is 3. The Hall–Kier alpha value is -3.38. The van der Waals surface area contributed by atoms with E-state index in [1.807, 2.05) is 43.4 Å². The second kappa shape index (κ2) is 11.0. The Kier molecular flexibility index (Phi) is 7.58. The minimum absolute atomic E-state index is 0.248. The molecule has 0 unspecified atom stereocenters. The molecule has 3 N–H and O–H groups in total. The minimum Gasteiger partial charge on any atom is -0.372 e. The van der Waals surface area contributed by atoms with Crippen LogP contribution in [0, 0.1) is 0 Å². The summed E-state index contributed by atoms with van der Waals surface area (Å²) in [6.07, 6.45) is 7.43. The van der Waals surface area contributed by atoms with E-state index in [0.29, 0.717) is 5.56 Å². The van der Waals surface area contributed by atoms with Crippen LogP contribution in [0.3, 0.4) is 0 Å². The van der Waals surface area contributed by atoms with Crippen LogP contribution in [0.1, 0.15) is 41.6 Å². The number of pyridine rings is 1. The highest BCUT2D eigenvalue weighted by Crippen LogP contribution is 2.23. The van der Waals surface area contributed by atoms with E-state index >= 15 is 0 Å². The molecule has 6 heteroatoms. The van der Waals surface area contributed by atoms with E-state index in [4.69, 9.17) is 0 Å². The average molecular weight is 445 g/mol. The molecule has 2 aromatic carbocycles. The molecule has 0 radical (unpaired) electrons. The van der Waals surface area contributed by atoms with Crippen molar-refractivity contribution in [3.05, 3.63) is 82.3 Å². The molecule has 1 fully saturated rings. The first-order valence-electron chi connectivity index (χ1n) is 11.8. The number of aryl methyl sites for hydroxylation is 1. The van der Waals surface area contributed by atoms with Gasteiger partial charge in [0.1, 0.15) is 5.69 Å². The number of carbonyl (C=O) groups excluding carboxylic acids is 1. The molecule has 0 atom stereocenters. The summed E-state index contributed by atoms with van der Waals surface area (Å²) in [6.45, 7) is 3.09. The minimum atomic E-state index is -0.317. The van der Waals surface area contributed by atoms with Crippen molar-refractivity contribution in [2.24, 2.45) is 0 Å². The van der Waals surface area contributed by atoms with Crippen molar-refractivity contribution in [1.29, 1.82) is 0 Å². The van der Waals surface area contributed by atoms with Crippen LogP contribution in [0.5, 0.6) is 0 Å². The third-order valence-corrected chi connectivity index (χ3v) is 6.15. The smallest absolute Gasteiger partial charge is 0.271 e. The molecule has 3 aromatic rings. The van der Waals surface area contributed by atoms with Gasteiger partial charge >= 0.3 is 0 Å². The van der Waals surface area contributed by atoms with Gasteiger partial charge in [0.2, 0.25) is 0 Å².